The standard InChI is InChI=1S/C12H12ClF3N2O4/c1-11(6-22-2,12(14,15)16)17-10(19)8-5-7(18(20)21)3-4-9(8)13/h3-5H,6H2,1-2H3,(H,17,19)/t11-/m1/s1. The number of methoxy groups -OCH3 is 1. The van der Waals surface area contributed by atoms with Crippen molar-refractivity contribution in [2.75, 3.05) is 13.7 Å². The summed E-state index contributed by atoms with van der Waals surface area (Å²) in [4.78, 5) is 21.9. The Morgan fingerprint density at radius 2 is 2.05 bits per heavy atom. The number of ether oxygens (including phenoxy) is 1. The van der Waals surface area contributed by atoms with Gasteiger partial charge in [0.15, 0.2) is 5.54 Å². The molecule has 10 heteroatoms. The molecule has 0 bridgehead atoms. The quantitative estimate of drug-likeness (QED) is 0.660. The highest BCUT2D eigenvalue weighted by Gasteiger charge is 2.52. The molecule has 6 nitrogen and oxygen atoms in total. The van der Waals surface area contributed by atoms with Crippen molar-refractivity contribution in [3.63, 3.8) is 0 Å². The monoisotopic (exact) mass is 340 g/mol. The summed E-state index contributed by atoms with van der Waals surface area (Å²) in [5, 5.41) is 12.2. The molecule has 0 saturated carbocycles. The first-order valence-electron chi connectivity index (χ1n) is 5.84. The number of amides is 1. The number of halogens is 4. The minimum absolute atomic E-state index is 0.204. The number of alkyl halides is 3. The van der Waals surface area contributed by atoms with Gasteiger partial charge >= 0.3 is 6.18 Å². The van der Waals surface area contributed by atoms with Crippen molar-refractivity contribution in [1.82, 2.24) is 5.32 Å². The van der Waals surface area contributed by atoms with E-state index in [1.807, 2.05) is 0 Å². The van der Waals surface area contributed by atoms with Gasteiger partial charge in [-0.2, -0.15) is 13.2 Å². The van der Waals surface area contributed by atoms with Crippen LogP contribution in [-0.2, 0) is 4.74 Å². The van der Waals surface area contributed by atoms with E-state index >= 15 is 0 Å². The van der Waals surface area contributed by atoms with Gasteiger partial charge in [-0.1, -0.05) is 11.6 Å². The first kappa shape index (κ1) is 18.2. The Balaban J connectivity index is 3.15. The molecule has 0 radical (unpaired) electrons. The van der Waals surface area contributed by atoms with Crippen molar-refractivity contribution < 1.29 is 27.6 Å². The van der Waals surface area contributed by atoms with Gasteiger partial charge in [-0.3, -0.25) is 14.9 Å². The Morgan fingerprint density at radius 3 is 2.50 bits per heavy atom. The number of nitrogens with zero attached hydrogens (tertiary/aromatic N) is 1. The summed E-state index contributed by atoms with van der Waals surface area (Å²) in [5.74, 6) is -1.19. The van der Waals surface area contributed by atoms with Crippen LogP contribution in [0.4, 0.5) is 18.9 Å². The van der Waals surface area contributed by atoms with Gasteiger partial charge in [0.05, 0.1) is 22.1 Å². The van der Waals surface area contributed by atoms with E-state index in [0.29, 0.717) is 0 Å². The maximum Gasteiger partial charge on any atom is 0.413 e. The number of hydrogen-bond acceptors (Lipinski definition) is 4. The fourth-order valence-electron chi connectivity index (χ4n) is 1.60. The number of carbonyl (C=O) groups excluding carboxylic acids is 1. The Labute approximate surface area is 128 Å². The Morgan fingerprint density at radius 1 is 1.45 bits per heavy atom. The molecule has 0 heterocycles. The van der Waals surface area contributed by atoms with Gasteiger partial charge in [0.2, 0.25) is 0 Å². The molecule has 122 valence electrons. The number of nitro benzene ring substituents is 1. The third kappa shape index (κ3) is 3.86. The molecule has 1 atom stereocenters. The number of carbonyl (C=O) groups is 1. The molecule has 1 amide bonds. The molecule has 1 N–H and O–H groups in total. The van der Waals surface area contributed by atoms with E-state index in [2.05, 4.69) is 4.74 Å². The summed E-state index contributed by atoms with van der Waals surface area (Å²) in [6, 6.07) is 2.91. The summed E-state index contributed by atoms with van der Waals surface area (Å²) < 4.78 is 43.6. The second-order valence-electron chi connectivity index (χ2n) is 4.64. The van der Waals surface area contributed by atoms with E-state index in [9.17, 15) is 28.1 Å². The minimum atomic E-state index is -4.79. The molecule has 1 aromatic carbocycles. The molecule has 0 fully saturated rings. The van der Waals surface area contributed by atoms with Gasteiger partial charge in [0.1, 0.15) is 0 Å². The van der Waals surface area contributed by atoms with Crippen LogP contribution in [0.25, 0.3) is 0 Å². The van der Waals surface area contributed by atoms with Crippen molar-refractivity contribution >= 4 is 23.2 Å². The topological polar surface area (TPSA) is 81.5 Å². The summed E-state index contributed by atoms with van der Waals surface area (Å²) in [6.45, 7) is -0.0888. The van der Waals surface area contributed by atoms with Crippen molar-refractivity contribution in [1.29, 1.82) is 0 Å². The Hall–Kier alpha value is -1.87. The SMILES string of the molecule is COC[C@@](C)(NC(=O)c1cc([N+](=O)[O-])ccc1Cl)C(F)(F)F. The summed E-state index contributed by atoms with van der Waals surface area (Å²) >= 11 is 5.72. The van der Waals surface area contributed by atoms with Gasteiger partial charge in [0, 0.05) is 19.2 Å². The predicted molar refractivity (Wildman–Crippen MR) is 71.9 cm³/mol. The average Bonchev–Trinajstić information content (AvgIpc) is 2.37. The zero-order valence-electron chi connectivity index (χ0n) is 11.5. The lowest BCUT2D eigenvalue weighted by Gasteiger charge is -2.32. The number of nitro groups is 1. The molecule has 1 rings (SSSR count). The smallest absolute Gasteiger partial charge is 0.382 e. The van der Waals surface area contributed by atoms with Crippen molar-refractivity contribution in [2.24, 2.45) is 0 Å². The van der Waals surface area contributed by atoms with E-state index in [-0.39, 0.29) is 5.02 Å². The van der Waals surface area contributed by atoms with Gasteiger partial charge in [-0.15, -0.1) is 0 Å². The molecule has 0 saturated heterocycles. The number of rotatable bonds is 5. The third-order valence-corrected chi connectivity index (χ3v) is 3.18. The highest BCUT2D eigenvalue weighted by Crippen LogP contribution is 2.31. The lowest BCUT2D eigenvalue weighted by molar-refractivity contribution is -0.384. The van der Waals surface area contributed by atoms with Crippen LogP contribution in [0.3, 0.4) is 0 Å². The molecule has 22 heavy (non-hydrogen) atoms. The predicted octanol–water partition coefficient (Wildman–Crippen LogP) is 2.95. The van der Waals surface area contributed by atoms with Crippen molar-refractivity contribution in [3.05, 3.63) is 38.9 Å². The number of benzene rings is 1. The van der Waals surface area contributed by atoms with E-state index in [4.69, 9.17) is 11.6 Å². The third-order valence-electron chi connectivity index (χ3n) is 2.85. The zero-order chi connectivity index (χ0) is 17.1. The second-order valence-corrected chi connectivity index (χ2v) is 5.05. The van der Waals surface area contributed by atoms with Crippen LogP contribution in [0, 0.1) is 10.1 Å². The van der Waals surface area contributed by atoms with E-state index < -0.39 is 40.4 Å². The van der Waals surface area contributed by atoms with E-state index in [1.165, 1.54) is 0 Å². The van der Waals surface area contributed by atoms with Gasteiger partial charge in [0.25, 0.3) is 11.6 Å². The van der Waals surface area contributed by atoms with Crippen molar-refractivity contribution in [3.8, 4) is 0 Å². The minimum Gasteiger partial charge on any atom is -0.382 e. The van der Waals surface area contributed by atoms with Crippen LogP contribution in [0.15, 0.2) is 18.2 Å². The fourth-order valence-corrected chi connectivity index (χ4v) is 1.80. The van der Waals surface area contributed by atoms with Gasteiger partial charge < -0.3 is 10.1 Å². The summed E-state index contributed by atoms with van der Waals surface area (Å²) in [7, 11) is 1.05. The lowest BCUT2D eigenvalue weighted by Crippen LogP contribution is -2.59. The van der Waals surface area contributed by atoms with Crippen LogP contribution in [0.1, 0.15) is 17.3 Å². The largest absolute Gasteiger partial charge is 0.413 e. The first-order valence-corrected chi connectivity index (χ1v) is 6.22. The highest BCUT2D eigenvalue weighted by molar-refractivity contribution is 6.34. The maximum atomic E-state index is 13.0. The molecule has 0 aliphatic rings. The summed E-state index contributed by atoms with van der Waals surface area (Å²) in [6.07, 6.45) is -4.79. The molecule has 0 spiro atoms. The van der Waals surface area contributed by atoms with Gasteiger partial charge in [-0.05, 0) is 13.0 Å². The number of non-ortho nitro benzene ring substituents is 1. The van der Waals surface area contributed by atoms with Crippen LogP contribution in [0.2, 0.25) is 5.02 Å². The number of hydrogen-bond donors (Lipinski definition) is 1. The molecule has 0 aliphatic heterocycles. The lowest BCUT2D eigenvalue weighted by atomic mass is 10.0. The van der Waals surface area contributed by atoms with E-state index in [0.717, 1.165) is 32.2 Å². The Bertz CT molecular complexity index is 594. The second kappa shape index (κ2) is 6.49. The van der Waals surface area contributed by atoms with Crippen LogP contribution >= 0.6 is 11.6 Å². The Kier molecular flexibility index (Phi) is 5.36. The normalized spacial score (nSPS) is 14.3. The zero-order valence-corrected chi connectivity index (χ0v) is 12.3. The summed E-state index contributed by atoms with van der Waals surface area (Å²) in [5.41, 5.74) is -3.55. The molecule has 0 aliphatic carbocycles. The maximum absolute atomic E-state index is 13.0. The molecule has 0 unspecified atom stereocenters. The number of nitrogens with one attached hydrogen (secondary N) is 1. The fraction of sp³-hybridized carbons (Fsp3) is 0.417. The van der Waals surface area contributed by atoms with Crippen LogP contribution in [-0.4, -0.2) is 36.3 Å². The van der Waals surface area contributed by atoms with Crippen molar-refractivity contribution in [2.45, 2.75) is 18.6 Å². The molecular weight excluding hydrogens is 329 g/mol. The van der Waals surface area contributed by atoms with Crippen LogP contribution < -0.4 is 5.32 Å². The molecular formula is C12H12ClF3N2O4. The van der Waals surface area contributed by atoms with Crippen LogP contribution in [0.5, 0.6) is 0 Å². The average molecular weight is 341 g/mol. The first-order chi connectivity index (χ1) is 10.0. The molecule has 1 aromatic rings. The van der Waals surface area contributed by atoms with E-state index in [1.54, 1.807) is 5.32 Å². The van der Waals surface area contributed by atoms with Gasteiger partial charge in [-0.25, -0.2) is 0 Å². The molecule has 0 aromatic heterocycles. The highest BCUT2D eigenvalue weighted by atomic mass is 35.5.